The lowest BCUT2D eigenvalue weighted by molar-refractivity contribution is -0.155. The third-order valence-electron chi connectivity index (χ3n) is 9.44. The van der Waals surface area contributed by atoms with Gasteiger partial charge in [0.15, 0.2) is 0 Å². The fourth-order valence-electron chi connectivity index (χ4n) is 6.85. The fourth-order valence-corrected chi connectivity index (χ4v) is 6.85. The van der Waals surface area contributed by atoms with Crippen LogP contribution in [-0.4, -0.2) is 81.0 Å². The van der Waals surface area contributed by atoms with Crippen LogP contribution in [0.3, 0.4) is 0 Å². The maximum absolute atomic E-state index is 13.8. The molecule has 1 N–H and O–H groups in total. The molecule has 0 spiro atoms. The van der Waals surface area contributed by atoms with Gasteiger partial charge < -0.3 is 24.4 Å². The zero-order chi connectivity index (χ0) is 36.5. The van der Waals surface area contributed by atoms with Crippen molar-refractivity contribution in [1.82, 2.24) is 14.8 Å². The number of benzene rings is 1. The van der Waals surface area contributed by atoms with Crippen LogP contribution in [0.2, 0.25) is 0 Å². The Hall–Kier alpha value is -3.95. The monoisotopic (exact) mass is 691 g/mol. The highest BCUT2D eigenvalue weighted by Crippen LogP contribution is 2.31. The van der Waals surface area contributed by atoms with E-state index in [4.69, 9.17) is 9.47 Å². The molecule has 2 aromatic rings. The predicted octanol–water partition coefficient (Wildman–Crippen LogP) is 7.01. The summed E-state index contributed by atoms with van der Waals surface area (Å²) in [6.45, 7) is 13.4. The number of amides is 2. The van der Waals surface area contributed by atoms with Crippen molar-refractivity contribution in [2.45, 2.75) is 123 Å². The Bertz CT molecular complexity index is 1470. The second-order valence-corrected chi connectivity index (χ2v) is 16.1. The minimum absolute atomic E-state index is 0.0516. The van der Waals surface area contributed by atoms with Gasteiger partial charge in [-0.25, -0.2) is 4.79 Å². The van der Waals surface area contributed by atoms with E-state index in [1.54, 1.807) is 29.4 Å². The number of aryl methyl sites for hydroxylation is 2. The molecule has 2 saturated heterocycles. The van der Waals surface area contributed by atoms with Gasteiger partial charge in [0.2, 0.25) is 5.91 Å². The van der Waals surface area contributed by atoms with E-state index in [9.17, 15) is 24.3 Å². The average molecular weight is 692 g/mol. The number of esters is 1. The highest BCUT2D eigenvalue weighted by atomic mass is 16.6. The van der Waals surface area contributed by atoms with E-state index in [-0.39, 0.29) is 48.3 Å². The first-order chi connectivity index (χ1) is 23.5. The molecule has 3 heterocycles. The Morgan fingerprint density at radius 1 is 0.860 bits per heavy atom. The molecule has 1 unspecified atom stereocenters. The van der Waals surface area contributed by atoms with Crippen molar-refractivity contribution in [2.75, 3.05) is 26.2 Å². The Morgan fingerprint density at radius 3 is 2.24 bits per heavy atom. The lowest BCUT2D eigenvalue weighted by Crippen LogP contribution is -2.43. The second-order valence-electron chi connectivity index (χ2n) is 16.1. The molecule has 10 nitrogen and oxygen atoms in total. The Labute approximate surface area is 297 Å². The van der Waals surface area contributed by atoms with Crippen molar-refractivity contribution in [3.63, 3.8) is 0 Å². The number of phenolic OH excluding ortho intramolecular Hbond substituents is 1. The number of hydrogen-bond acceptors (Lipinski definition) is 8. The van der Waals surface area contributed by atoms with Crippen LogP contribution in [0.5, 0.6) is 5.75 Å². The number of Topliss-reactive ketones (excluding diaryl/α,β-unsaturated/α-hetero) is 1. The standard InChI is InChI=1S/C40H57N3O7/c1-39(2,3)49-37(47)24-32(33-21-30(25-41-26-33)13-12-29-9-7-11-34(44)22-29)23-35(45)31-10-8-18-43(27-31)36(46)15-14-28-16-19-42(20-17-28)38(48)50-40(4,5)6/h7,9,11,21-22,25-26,28,31-32,44H,8,10,12-20,23-24,27H2,1-6H3/t31-,32?/m1/s1. The number of aromatic hydroxyl groups is 1. The molecule has 2 fully saturated rings. The summed E-state index contributed by atoms with van der Waals surface area (Å²) in [7, 11) is 0. The van der Waals surface area contributed by atoms with Crippen molar-refractivity contribution in [2.24, 2.45) is 11.8 Å². The van der Waals surface area contributed by atoms with E-state index in [0.29, 0.717) is 57.8 Å². The first-order valence-corrected chi connectivity index (χ1v) is 18.3. The number of rotatable bonds is 12. The van der Waals surface area contributed by atoms with E-state index in [1.165, 1.54) is 0 Å². The summed E-state index contributed by atoms with van der Waals surface area (Å²) in [5.74, 6) is -0.320. The van der Waals surface area contributed by atoms with Crippen molar-refractivity contribution in [3.05, 3.63) is 59.4 Å². The summed E-state index contributed by atoms with van der Waals surface area (Å²) in [6, 6.07) is 9.20. The van der Waals surface area contributed by atoms with Crippen molar-refractivity contribution in [3.8, 4) is 5.75 Å². The molecule has 0 radical (unpaired) electrons. The van der Waals surface area contributed by atoms with Crippen LogP contribution in [0.4, 0.5) is 4.79 Å². The number of pyridine rings is 1. The van der Waals surface area contributed by atoms with Gasteiger partial charge in [0.1, 0.15) is 22.7 Å². The van der Waals surface area contributed by atoms with Gasteiger partial charge in [-0.15, -0.1) is 0 Å². The van der Waals surface area contributed by atoms with E-state index in [2.05, 4.69) is 4.98 Å². The highest BCUT2D eigenvalue weighted by molar-refractivity contribution is 5.84. The lowest BCUT2D eigenvalue weighted by atomic mass is 9.84. The number of piperidine rings is 2. The second kappa shape index (κ2) is 17.3. The average Bonchev–Trinajstić information content (AvgIpc) is 3.05. The molecule has 2 aliphatic heterocycles. The van der Waals surface area contributed by atoms with E-state index < -0.39 is 17.1 Å². The molecule has 1 aromatic heterocycles. The van der Waals surface area contributed by atoms with E-state index >= 15 is 0 Å². The molecule has 0 bridgehead atoms. The van der Waals surface area contributed by atoms with Crippen LogP contribution in [0.15, 0.2) is 42.7 Å². The van der Waals surface area contributed by atoms with Gasteiger partial charge in [0.25, 0.3) is 0 Å². The summed E-state index contributed by atoms with van der Waals surface area (Å²) >= 11 is 0. The number of carbonyl (C=O) groups excluding carboxylic acids is 4. The first kappa shape index (κ1) is 38.8. The summed E-state index contributed by atoms with van der Waals surface area (Å²) < 4.78 is 11.2. The third-order valence-corrected chi connectivity index (χ3v) is 9.44. The molecule has 0 aliphatic carbocycles. The maximum Gasteiger partial charge on any atom is 0.410 e. The summed E-state index contributed by atoms with van der Waals surface area (Å²) in [5, 5.41) is 9.84. The van der Waals surface area contributed by atoms with Gasteiger partial charge in [0.05, 0.1) is 6.42 Å². The van der Waals surface area contributed by atoms with Gasteiger partial charge >= 0.3 is 12.1 Å². The largest absolute Gasteiger partial charge is 0.508 e. The number of phenols is 1. The highest BCUT2D eigenvalue weighted by Gasteiger charge is 2.32. The topological polar surface area (TPSA) is 126 Å². The van der Waals surface area contributed by atoms with E-state index in [0.717, 1.165) is 42.4 Å². The van der Waals surface area contributed by atoms with Gasteiger partial charge in [0, 0.05) is 63.3 Å². The molecule has 4 rings (SSSR count). The van der Waals surface area contributed by atoms with Crippen molar-refractivity contribution >= 4 is 23.8 Å². The molecule has 2 atom stereocenters. The minimum Gasteiger partial charge on any atom is -0.508 e. The molecule has 1 aromatic carbocycles. The molecule has 10 heteroatoms. The van der Waals surface area contributed by atoms with Crippen molar-refractivity contribution < 1.29 is 33.8 Å². The summed E-state index contributed by atoms with van der Waals surface area (Å²) in [4.78, 5) is 60.7. The van der Waals surface area contributed by atoms with Gasteiger partial charge in [-0.3, -0.25) is 19.4 Å². The number of hydrogen-bond donors (Lipinski definition) is 1. The van der Waals surface area contributed by atoms with Crippen LogP contribution in [0.1, 0.15) is 116 Å². The third kappa shape index (κ3) is 12.7. The molecular formula is C40H57N3O7. The molecular weight excluding hydrogens is 634 g/mol. The molecule has 2 aliphatic rings. The number of aromatic nitrogens is 1. The Balaban J connectivity index is 1.34. The van der Waals surface area contributed by atoms with E-state index in [1.807, 2.05) is 64.6 Å². The Kier molecular flexibility index (Phi) is 13.5. The molecule has 0 saturated carbocycles. The summed E-state index contributed by atoms with van der Waals surface area (Å²) in [6.07, 6.45) is 9.25. The molecule has 274 valence electrons. The van der Waals surface area contributed by atoms with Gasteiger partial charge in [-0.05, 0) is 121 Å². The quantitative estimate of drug-likeness (QED) is 0.236. The smallest absolute Gasteiger partial charge is 0.410 e. The predicted molar refractivity (Wildman–Crippen MR) is 192 cm³/mol. The van der Waals surface area contributed by atoms with Gasteiger partial charge in [-0.2, -0.15) is 0 Å². The van der Waals surface area contributed by atoms with Gasteiger partial charge in [-0.1, -0.05) is 18.2 Å². The Morgan fingerprint density at radius 2 is 1.56 bits per heavy atom. The number of ketones is 1. The zero-order valence-corrected chi connectivity index (χ0v) is 30.9. The lowest BCUT2D eigenvalue weighted by Gasteiger charge is -2.35. The number of likely N-dealkylation sites (tertiary alicyclic amines) is 2. The molecule has 50 heavy (non-hydrogen) atoms. The minimum atomic E-state index is -0.647. The van der Waals surface area contributed by atoms with Crippen LogP contribution < -0.4 is 0 Å². The van der Waals surface area contributed by atoms with Crippen LogP contribution in [0, 0.1) is 11.8 Å². The number of carbonyl (C=O) groups is 4. The van der Waals surface area contributed by atoms with Crippen LogP contribution >= 0.6 is 0 Å². The maximum atomic E-state index is 13.8. The van der Waals surface area contributed by atoms with Crippen molar-refractivity contribution in [1.29, 1.82) is 0 Å². The van der Waals surface area contributed by atoms with Crippen LogP contribution in [0.25, 0.3) is 0 Å². The fraction of sp³-hybridized carbons (Fsp3) is 0.625. The number of nitrogens with zero attached hydrogens (tertiary/aromatic N) is 3. The molecule has 2 amide bonds. The zero-order valence-electron chi connectivity index (χ0n) is 30.9. The SMILES string of the molecule is CC(C)(C)OC(=O)CC(CC(=O)[C@@H]1CCCN(C(=O)CCC2CCN(C(=O)OC(C)(C)C)CC2)C1)c1cncc(CCc2cccc(O)c2)c1. The normalized spacial score (nSPS) is 18.0. The van der Waals surface area contributed by atoms with Crippen LogP contribution in [-0.2, 0) is 36.7 Å². The number of ether oxygens (including phenoxy) is 2. The first-order valence-electron chi connectivity index (χ1n) is 18.3. The summed E-state index contributed by atoms with van der Waals surface area (Å²) in [5.41, 5.74) is 1.64.